The number of likely N-dealkylation sites (tertiary alicyclic amines) is 1. The number of rotatable bonds is 8. The molecule has 0 bridgehead atoms. The second kappa shape index (κ2) is 11.5. The van der Waals surface area contributed by atoms with Crippen molar-refractivity contribution in [3.63, 3.8) is 0 Å². The van der Waals surface area contributed by atoms with Crippen molar-refractivity contribution in [1.82, 2.24) is 10.2 Å². The van der Waals surface area contributed by atoms with Crippen molar-refractivity contribution in [2.75, 3.05) is 31.5 Å². The van der Waals surface area contributed by atoms with Crippen molar-refractivity contribution in [3.05, 3.63) is 75.8 Å². The first-order valence-corrected chi connectivity index (χ1v) is 11.0. The summed E-state index contributed by atoms with van der Waals surface area (Å²) in [5, 5.41) is 16.6. The lowest BCUT2D eigenvalue weighted by molar-refractivity contribution is -0.384. The van der Waals surface area contributed by atoms with E-state index in [1.54, 1.807) is 11.0 Å². The first-order chi connectivity index (χ1) is 16.6. The van der Waals surface area contributed by atoms with Crippen LogP contribution in [-0.4, -0.2) is 47.8 Å². The summed E-state index contributed by atoms with van der Waals surface area (Å²) in [5.74, 6) is -0.576. The van der Waals surface area contributed by atoms with Crippen LogP contribution in [0.1, 0.15) is 24.0 Å². The predicted molar refractivity (Wildman–Crippen MR) is 124 cm³/mol. The zero-order valence-electron chi connectivity index (χ0n) is 18.8. The average molecular weight is 490 g/mol. The van der Waals surface area contributed by atoms with Crippen molar-refractivity contribution in [1.29, 1.82) is 0 Å². The van der Waals surface area contributed by atoms with Crippen LogP contribution in [-0.2, 0) is 15.8 Å². The van der Waals surface area contributed by atoms with Crippen molar-refractivity contribution >= 4 is 29.3 Å². The molecular formula is C24H25F3N4O4. The summed E-state index contributed by atoms with van der Waals surface area (Å²) in [4.78, 5) is 36.7. The van der Waals surface area contributed by atoms with Gasteiger partial charge >= 0.3 is 6.18 Å². The van der Waals surface area contributed by atoms with Crippen LogP contribution >= 0.6 is 0 Å². The summed E-state index contributed by atoms with van der Waals surface area (Å²) in [7, 11) is 0. The van der Waals surface area contributed by atoms with Crippen LogP contribution in [0.15, 0.2) is 54.6 Å². The van der Waals surface area contributed by atoms with Gasteiger partial charge in [-0.2, -0.15) is 13.2 Å². The zero-order valence-corrected chi connectivity index (χ0v) is 18.8. The molecule has 1 saturated heterocycles. The van der Waals surface area contributed by atoms with E-state index in [4.69, 9.17) is 0 Å². The second-order valence-corrected chi connectivity index (χ2v) is 8.05. The van der Waals surface area contributed by atoms with Crippen molar-refractivity contribution in [2.24, 2.45) is 5.92 Å². The van der Waals surface area contributed by atoms with Gasteiger partial charge < -0.3 is 15.5 Å². The number of halogens is 3. The van der Waals surface area contributed by atoms with Crippen LogP contribution in [0, 0.1) is 16.0 Å². The Morgan fingerprint density at radius 3 is 2.40 bits per heavy atom. The van der Waals surface area contributed by atoms with Gasteiger partial charge in [0.15, 0.2) is 0 Å². The van der Waals surface area contributed by atoms with Crippen LogP contribution in [0.2, 0.25) is 0 Å². The minimum Gasteiger partial charge on any atom is -0.378 e. The number of benzene rings is 2. The summed E-state index contributed by atoms with van der Waals surface area (Å²) in [6, 6.07) is 11.7. The molecular weight excluding hydrogens is 465 g/mol. The molecule has 0 aliphatic carbocycles. The molecule has 0 saturated carbocycles. The monoisotopic (exact) mass is 490 g/mol. The fraction of sp³-hybridized carbons (Fsp3) is 0.333. The van der Waals surface area contributed by atoms with Crippen LogP contribution in [0.4, 0.5) is 24.5 Å². The maximum absolute atomic E-state index is 12.8. The van der Waals surface area contributed by atoms with Gasteiger partial charge in [0.1, 0.15) is 5.69 Å². The molecule has 0 aromatic heterocycles. The van der Waals surface area contributed by atoms with Gasteiger partial charge in [-0.05, 0) is 36.6 Å². The lowest BCUT2D eigenvalue weighted by Crippen LogP contribution is -2.43. The van der Waals surface area contributed by atoms with Crippen LogP contribution < -0.4 is 10.6 Å². The predicted octanol–water partition coefficient (Wildman–Crippen LogP) is 4.09. The third-order valence-corrected chi connectivity index (χ3v) is 5.66. The molecule has 1 aliphatic heterocycles. The molecule has 2 aromatic rings. The number of hydrogen-bond donors (Lipinski definition) is 2. The van der Waals surface area contributed by atoms with E-state index in [2.05, 4.69) is 10.6 Å². The molecule has 11 heteroatoms. The molecule has 35 heavy (non-hydrogen) atoms. The Bertz CT molecular complexity index is 1080. The molecule has 2 aromatic carbocycles. The van der Waals surface area contributed by atoms with E-state index in [0.717, 1.165) is 17.7 Å². The van der Waals surface area contributed by atoms with Gasteiger partial charge in [-0.3, -0.25) is 19.7 Å². The number of nitro benzene ring substituents is 1. The van der Waals surface area contributed by atoms with Gasteiger partial charge in [-0.1, -0.05) is 30.3 Å². The van der Waals surface area contributed by atoms with Crippen molar-refractivity contribution in [2.45, 2.75) is 19.0 Å². The Kier molecular flexibility index (Phi) is 8.45. The van der Waals surface area contributed by atoms with E-state index >= 15 is 0 Å². The summed E-state index contributed by atoms with van der Waals surface area (Å²) in [6.45, 7) is 1.13. The molecule has 0 unspecified atom stereocenters. The van der Waals surface area contributed by atoms with Gasteiger partial charge in [-0.15, -0.1) is 0 Å². The Morgan fingerprint density at radius 2 is 1.77 bits per heavy atom. The minimum absolute atomic E-state index is 0.0624. The topological polar surface area (TPSA) is 105 Å². The highest BCUT2D eigenvalue weighted by Gasteiger charge is 2.33. The van der Waals surface area contributed by atoms with E-state index < -0.39 is 22.4 Å². The van der Waals surface area contributed by atoms with Gasteiger partial charge in [-0.25, -0.2) is 0 Å². The highest BCUT2D eigenvalue weighted by Crippen LogP contribution is 2.34. The maximum Gasteiger partial charge on any atom is 0.416 e. The zero-order chi connectivity index (χ0) is 25.4. The molecule has 1 fully saturated rings. The van der Waals surface area contributed by atoms with Gasteiger partial charge in [0.05, 0.1) is 10.5 Å². The standard InChI is InChI=1S/C24H25F3N4O4/c25-24(26,27)19-7-8-20(21(16-19)31(34)35)28-12-13-29-23(33)18-10-14-30(15-11-18)22(32)9-6-17-4-2-1-3-5-17/h1-9,16,18,28H,10-15H2,(H,29,33)/b9-6+. The van der Waals surface area contributed by atoms with E-state index in [1.165, 1.54) is 6.08 Å². The minimum atomic E-state index is -4.68. The Morgan fingerprint density at radius 1 is 1.09 bits per heavy atom. The highest BCUT2D eigenvalue weighted by atomic mass is 19.4. The summed E-state index contributed by atoms with van der Waals surface area (Å²) < 4.78 is 38.4. The first-order valence-electron chi connectivity index (χ1n) is 11.0. The quantitative estimate of drug-likeness (QED) is 0.251. The number of nitrogens with zero attached hydrogens (tertiary/aromatic N) is 2. The van der Waals surface area contributed by atoms with E-state index in [9.17, 15) is 32.9 Å². The fourth-order valence-corrected chi connectivity index (χ4v) is 3.73. The molecule has 1 heterocycles. The van der Waals surface area contributed by atoms with Crippen molar-refractivity contribution < 1.29 is 27.7 Å². The number of anilines is 1. The Balaban J connectivity index is 1.42. The normalized spacial score (nSPS) is 14.7. The molecule has 8 nitrogen and oxygen atoms in total. The summed E-state index contributed by atoms with van der Waals surface area (Å²) >= 11 is 0. The lowest BCUT2D eigenvalue weighted by atomic mass is 9.96. The maximum atomic E-state index is 12.8. The summed E-state index contributed by atoms with van der Waals surface area (Å²) in [5.41, 5.74) is -0.939. The Hall–Kier alpha value is -3.89. The van der Waals surface area contributed by atoms with E-state index in [1.807, 2.05) is 30.3 Å². The number of amides is 2. The summed E-state index contributed by atoms with van der Waals surface area (Å²) in [6.07, 6.45) is -0.407. The van der Waals surface area contributed by atoms with Gasteiger partial charge in [0.2, 0.25) is 11.8 Å². The molecule has 2 N–H and O–H groups in total. The molecule has 2 amide bonds. The third kappa shape index (κ3) is 7.29. The smallest absolute Gasteiger partial charge is 0.378 e. The number of piperidine rings is 1. The molecule has 0 radical (unpaired) electrons. The number of hydrogen-bond acceptors (Lipinski definition) is 5. The SMILES string of the molecule is O=C(NCCNc1ccc(C(F)(F)F)cc1[N+](=O)[O-])C1CCN(C(=O)/C=C/c2ccccc2)CC1. The number of nitrogens with one attached hydrogen (secondary N) is 2. The first kappa shape index (κ1) is 25.7. The number of nitro groups is 1. The van der Waals surface area contributed by atoms with Crippen LogP contribution in [0.3, 0.4) is 0 Å². The van der Waals surface area contributed by atoms with E-state index in [-0.39, 0.29) is 36.5 Å². The Labute approximate surface area is 200 Å². The third-order valence-electron chi connectivity index (χ3n) is 5.66. The molecule has 1 aliphatic rings. The van der Waals surface area contributed by atoms with Gasteiger partial charge in [0.25, 0.3) is 5.69 Å². The average Bonchev–Trinajstić information content (AvgIpc) is 2.85. The molecule has 0 spiro atoms. The fourth-order valence-electron chi connectivity index (χ4n) is 3.73. The molecule has 0 atom stereocenters. The largest absolute Gasteiger partial charge is 0.416 e. The van der Waals surface area contributed by atoms with Gasteiger partial charge in [0, 0.05) is 44.2 Å². The van der Waals surface area contributed by atoms with Crippen LogP contribution in [0.5, 0.6) is 0 Å². The number of carbonyl (C=O) groups is 2. The lowest BCUT2D eigenvalue weighted by Gasteiger charge is -2.30. The number of alkyl halides is 3. The highest BCUT2D eigenvalue weighted by molar-refractivity contribution is 5.92. The van der Waals surface area contributed by atoms with E-state index in [0.29, 0.717) is 32.0 Å². The molecule has 186 valence electrons. The van der Waals surface area contributed by atoms with Crippen LogP contribution in [0.25, 0.3) is 6.08 Å². The van der Waals surface area contributed by atoms with Crippen molar-refractivity contribution in [3.8, 4) is 0 Å². The number of carbonyl (C=O) groups excluding carboxylic acids is 2. The molecule has 3 rings (SSSR count). The second-order valence-electron chi connectivity index (χ2n) is 8.05.